The van der Waals surface area contributed by atoms with Gasteiger partial charge in [-0.15, -0.1) is 5.10 Å². The van der Waals surface area contributed by atoms with E-state index in [0.29, 0.717) is 11.7 Å². The number of aromatic nitrogens is 4. The first-order chi connectivity index (χ1) is 12.7. The fourth-order valence-electron chi connectivity index (χ4n) is 2.64. The Kier molecular flexibility index (Phi) is 4.30. The predicted molar refractivity (Wildman–Crippen MR) is 95.0 cm³/mol. The third-order valence-electron chi connectivity index (χ3n) is 4.09. The topological polar surface area (TPSA) is 84.7 Å². The van der Waals surface area contributed by atoms with Gasteiger partial charge in [0.1, 0.15) is 5.82 Å². The van der Waals surface area contributed by atoms with Gasteiger partial charge in [-0.05, 0) is 65.7 Å². The molecule has 0 unspecified atom stereocenters. The van der Waals surface area contributed by atoms with Crippen LogP contribution < -0.4 is 10.6 Å². The number of anilines is 2. The molecule has 26 heavy (non-hydrogen) atoms. The van der Waals surface area contributed by atoms with Gasteiger partial charge >= 0.3 is 0 Å². The summed E-state index contributed by atoms with van der Waals surface area (Å²) in [5.74, 6) is 0.111. The molecule has 7 nitrogen and oxygen atoms in total. The molecule has 1 aromatic heterocycles. The molecule has 1 saturated carbocycles. The van der Waals surface area contributed by atoms with Crippen LogP contribution in [-0.4, -0.2) is 32.7 Å². The standard InChI is InChI=1S/C18H17FN6O/c19-13-2-1-3-15(10-13)21-17(26)11-20-14-6-4-12(5-7-14)18-22-23-24-25(18)16-8-9-16/h1-7,10,16,20H,8-9,11H2,(H,21,26). The molecule has 3 aromatic rings. The van der Waals surface area contributed by atoms with Crippen molar-refractivity contribution in [2.45, 2.75) is 18.9 Å². The number of carbonyl (C=O) groups is 1. The van der Waals surface area contributed by atoms with Crippen molar-refractivity contribution in [3.8, 4) is 11.4 Å². The summed E-state index contributed by atoms with van der Waals surface area (Å²) >= 11 is 0. The molecule has 2 N–H and O–H groups in total. The molecule has 1 aliphatic rings. The van der Waals surface area contributed by atoms with Gasteiger partial charge in [0.05, 0.1) is 12.6 Å². The molecule has 132 valence electrons. The molecule has 0 atom stereocenters. The fourth-order valence-corrected chi connectivity index (χ4v) is 2.64. The Hall–Kier alpha value is -3.29. The van der Waals surface area contributed by atoms with E-state index in [9.17, 15) is 9.18 Å². The van der Waals surface area contributed by atoms with E-state index in [1.54, 1.807) is 12.1 Å². The lowest BCUT2D eigenvalue weighted by Crippen LogP contribution is -2.21. The molecule has 1 heterocycles. The number of nitrogens with zero attached hydrogens (tertiary/aromatic N) is 4. The van der Waals surface area contributed by atoms with E-state index in [0.717, 1.165) is 29.9 Å². The summed E-state index contributed by atoms with van der Waals surface area (Å²) in [5.41, 5.74) is 2.16. The van der Waals surface area contributed by atoms with E-state index in [1.807, 2.05) is 28.9 Å². The van der Waals surface area contributed by atoms with Gasteiger partial charge in [0.25, 0.3) is 0 Å². The second kappa shape index (κ2) is 6.91. The van der Waals surface area contributed by atoms with Crippen molar-refractivity contribution >= 4 is 17.3 Å². The van der Waals surface area contributed by atoms with Gasteiger partial charge in [0.15, 0.2) is 5.82 Å². The average Bonchev–Trinajstić information content (AvgIpc) is 3.37. The Morgan fingerprint density at radius 1 is 1.15 bits per heavy atom. The summed E-state index contributed by atoms with van der Waals surface area (Å²) in [4.78, 5) is 12.0. The highest BCUT2D eigenvalue weighted by molar-refractivity contribution is 5.93. The van der Waals surface area contributed by atoms with Gasteiger partial charge in [-0.25, -0.2) is 9.07 Å². The van der Waals surface area contributed by atoms with Crippen LogP contribution in [0.5, 0.6) is 0 Å². The van der Waals surface area contributed by atoms with E-state index < -0.39 is 0 Å². The number of nitrogens with one attached hydrogen (secondary N) is 2. The maximum atomic E-state index is 13.1. The number of amides is 1. The first-order valence-electron chi connectivity index (χ1n) is 8.36. The monoisotopic (exact) mass is 352 g/mol. The van der Waals surface area contributed by atoms with E-state index in [-0.39, 0.29) is 18.3 Å². The maximum absolute atomic E-state index is 13.1. The van der Waals surface area contributed by atoms with Crippen LogP contribution in [0.1, 0.15) is 18.9 Å². The number of carbonyl (C=O) groups excluding carboxylic acids is 1. The second-order valence-corrected chi connectivity index (χ2v) is 6.17. The lowest BCUT2D eigenvalue weighted by Gasteiger charge is -2.09. The van der Waals surface area contributed by atoms with E-state index >= 15 is 0 Å². The average molecular weight is 352 g/mol. The molecule has 8 heteroatoms. The maximum Gasteiger partial charge on any atom is 0.243 e. The van der Waals surface area contributed by atoms with Gasteiger partial charge in [0, 0.05) is 16.9 Å². The Labute approximate surface area is 149 Å². The van der Waals surface area contributed by atoms with Crippen molar-refractivity contribution in [1.82, 2.24) is 20.2 Å². The van der Waals surface area contributed by atoms with Crippen molar-refractivity contribution in [2.24, 2.45) is 0 Å². The molecule has 0 radical (unpaired) electrons. The highest BCUT2D eigenvalue weighted by Gasteiger charge is 2.28. The smallest absolute Gasteiger partial charge is 0.243 e. The van der Waals surface area contributed by atoms with Gasteiger partial charge in [-0.3, -0.25) is 4.79 Å². The first-order valence-corrected chi connectivity index (χ1v) is 8.36. The zero-order chi connectivity index (χ0) is 17.9. The van der Waals surface area contributed by atoms with E-state index in [2.05, 4.69) is 26.2 Å². The van der Waals surface area contributed by atoms with Crippen molar-refractivity contribution in [3.63, 3.8) is 0 Å². The third-order valence-corrected chi connectivity index (χ3v) is 4.09. The van der Waals surface area contributed by atoms with Crippen LogP contribution in [0.15, 0.2) is 48.5 Å². The summed E-state index contributed by atoms with van der Waals surface area (Å²) in [6, 6.07) is 13.8. The van der Waals surface area contributed by atoms with Gasteiger partial charge in [0.2, 0.25) is 5.91 Å². The minimum absolute atomic E-state index is 0.0790. The number of tetrazole rings is 1. The van der Waals surface area contributed by atoms with Gasteiger partial charge < -0.3 is 10.6 Å². The second-order valence-electron chi connectivity index (χ2n) is 6.17. The molecule has 0 bridgehead atoms. The molecule has 4 rings (SSSR count). The van der Waals surface area contributed by atoms with Crippen LogP contribution >= 0.6 is 0 Å². The number of hydrogen-bond donors (Lipinski definition) is 2. The van der Waals surface area contributed by atoms with Crippen molar-refractivity contribution in [3.05, 3.63) is 54.3 Å². The summed E-state index contributed by atoms with van der Waals surface area (Å²) in [6.07, 6.45) is 2.22. The minimum atomic E-state index is -0.389. The quantitative estimate of drug-likeness (QED) is 0.713. The molecule has 1 amide bonds. The largest absolute Gasteiger partial charge is 0.376 e. The normalized spacial score (nSPS) is 13.4. The van der Waals surface area contributed by atoms with Crippen molar-refractivity contribution < 1.29 is 9.18 Å². The summed E-state index contributed by atoms with van der Waals surface area (Å²) in [6.45, 7) is 0.0790. The van der Waals surface area contributed by atoms with Crippen LogP contribution in [0.2, 0.25) is 0 Å². The lowest BCUT2D eigenvalue weighted by molar-refractivity contribution is -0.114. The first kappa shape index (κ1) is 16.2. The summed E-state index contributed by atoms with van der Waals surface area (Å²) < 4.78 is 15.0. The predicted octanol–water partition coefficient (Wildman–Crippen LogP) is 2.86. The highest BCUT2D eigenvalue weighted by Crippen LogP contribution is 2.36. The van der Waals surface area contributed by atoms with Crippen LogP contribution in [-0.2, 0) is 4.79 Å². The lowest BCUT2D eigenvalue weighted by atomic mass is 10.2. The Bertz CT molecular complexity index is 919. The highest BCUT2D eigenvalue weighted by atomic mass is 19.1. The van der Waals surface area contributed by atoms with Crippen LogP contribution in [0, 0.1) is 5.82 Å². The molecule has 1 fully saturated rings. The number of rotatable bonds is 6. The van der Waals surface area contributed by atoms with Crippen LogP contribution in [0.3, 0.4) is 0 Å². The van der Waals surface area contributed by atoms with Crippen LogP contribution in [0.4, 0.5) is 15.8 Å². The molecule has 0 saturated heterocycles. The molecule has 0 aliphatic heterocycles. The molecular formula is C18H17FN6O. The fraction of sp³-hybridized carbons (Fsp3) is 0.222. The van der Waals surface area contributed by atoms with E-state index in [1.165, 1.54) is 12.1 Å². The van der Waals surface area contributed by atoms with Gasteiger partial charge in [-0.1, -0.05) is 6.07 Å². The Morgan fingerprint density at radius 2 is 1.96 bits per heavy atom. The summed E-state index contributed by atoms with van der Waals surface area (Å²) in [5, 5.41) is 17.6. The number of halogens is 1. The SMILES string of the molecule is O=C(CNc1ccc(-c2nnnn2C2CC2)cc1)Nc1cccc(F)c1. The van der Waals surface area contributed by atoms with Crippen LogP contribution in [0.25, 0.3) is 11.4 Å². The number of benzene rings is 2. The minimum Gasteiger partial charge on any atom is -0.376 e. The molecule has 0 spiro atoms. The molecular weight excluding hydrogens is 335 g/mol. The van der Waals surface area contributed by atoms with Gasteiger partial charge in [-0.2, -0.15) is 0 Å². The van der Waals surface area contributed by atoms with Crippen molar-refractivity contribution in [2.75, 3.05) is 17.2 Å². The molecule has 1 aliphatic carbocycles. The third kappa shape index (κ3) is 3.69. The van der Waals surface area contributed by atoms with Crippen molar-refractivity contribution in [1.29, 1.82) is 0 Å². The summed E-state index contributed by atoms with van der Waals surface area (Å²) in [7, 11) is 0. The molecule has 2 aromatic carbocycles. The zero-order valence-corrected chi connectivity index (χ0v) is 13.9. The Morgan fingerprint density at radius 3 is 2.69 bits per heavy atom. The number of hydrogen-bond acceptors (Lipinski definition) is 5. The van der Waals surface area contributed by atoms with E-state index in [4.69, 9.17) is 0 Å². The zero-order valence-electron chi connectivity index (χ0n) is 13.9. The Balaban J connectivity index is 1.35.